The Labute approximate surface area is 169 Å². The number of hydrogen-bond donors (Lipinski definition) is 0. The molecule has 1 amide bonds. The van der Waals surface area contributed by atoms with E-state index < -0.39 is 0 Å². The molecule has 2 aliphatic rings. The van der Waals surface area contributed by atoms with Gasteiger partial charge in [-0.25, -0.2) is 0 Å². The van der Waals surface area contributed by atoms with Gasteiger partial charge in [0.2, 0.25) is 0 Å². The Balaban J connectivity index is 1.38. The fourth-order valence-corrected chi connectivity index (χ4v) is 4.32. The molecule has 0 N–H and O–H groups in total. The number of fused-ring (bicyclic) bond motifs is 1. The van der Waals surface area contributed by atoms with Crippen LogP contribution in [0, 0.1) is 6.92 Å². The fraction of sp³-hybridized carbons (Fsp3) is 0.435. The second-order valence-electron chi connectivity index (χ2n) is 8.20. The predicted molar refractivity (Wildman–Crippen MR) is 109 cm³/mol. The quantitative estimate of drug-likeness (QED) is 0.658. The van der Waals surface area contributed by atoms with Gasteiger partial charge in [-0.3, -0.25) is 9.78 Å². The van der Waals surface area contributed by atoms with Crippen molar-refractivity contribution < 1.29 is 14.1 Å². The number of aryl methyl sites for hydroxylation is 1. The molecule has 3 aromatic rings. The number of benzene rings is 1. The molecule has 1 atom stereocenters. The van der Waals surface area contributed by atoms with Gasteiger partial charge in [0.1, 0.15) is 11.5 Å². The number of likely N-dealkylation sites (tertiary alicyclic amines) is 1. The fourth-order valence-electron chi connectivity index (χ4n) is 4.32. The van der Waals surface area contributed by atoms with Crippen LogP contribution in [0.25, 0.3) is 10.8 Å². The van der Waals surface area contributed by atoms with Crippen molar-refractivity contribution in [2.24, 2.45) is 0 Å². The van der Waals surface area contributed by atoms with E-state index in [-0.39, 0.29) is 11.8 Å². The van der Waals surface area contributed by atoms with E-state index in [1.54, 1.807) is 7.11 Å². The Kier molecular flexibility index (Phi) is 4.49. The zero-order valence-corrected chi connectivity index (χ0v) is 16.9. The summed E-state index contributed by atoms with van der Waals surface area (Å²) in [5.41, 5.74) is 2.58. The van der Waals surface area contributed by atoms with Crippen molar-refractivity contribution in [3.63, 3.8) is 0 Å². The van der Waals surface area contributed by atoms with Crippen LogP contribution in [0.5, 0.6) is 5.75 Å². The lowest BCUT2D eigenvalue weighted by atomic mass is 9.92. The van der Waals surface area contributed by atoms with Crippen LogP contribution in [0.3, 0.4) is 0 Å². The SMILES string of the molecule is COc1ccc2cnc([C@H]3CCCN(C(=O)c4cc(C5CC5)on4)C3)cc2c1C. The molecule has 0 radical (unpaired) electrons. The van der Waals surface area contributed by atoms with Gasteiger partial charge >= 0.3 is 0 Å². The summed E-state index contributed by atoms with van der Waals surface area (Å²) in [5.74, 6) is 2.37. The number of ether oxygens (including phenoxy) is 1. The summed E-state index contributed by atoms with van der Waals surface area (Å²) in [6.45, 7) is 3.48. The molecule has 0 bridgehead atoms. The first-order chi connectivity index (χ1) is 14.1. The number of carbonyl (C=O) groups is 1. The standard InChI is InChI=1S/C23H25N3O3/c1-14-18-10-19(24-12-16(18)7-8-21(14)28-2)17-4-3-9-26(13-17)23(27)20-11-22(29-25-20)15-5-6-15/h7-8,10-12,15,17H,3-6,9,13H2,1-2H3/t17-/m0/s1. The topological polar surface area (TPSA) is 68.5 Å². The zero-order chi connectivity index (χ0) is 20.0. The highest BCUT2D eigenvalue weighted by Crippen LogP contribution is 2.40. The average Bonchev–Trinajstić information content (AvgIpc) is 3.50. The van der Waals surface area contributed by atoms with Crippen LogP contribution in [0.2, 0.25) is 0 Å². The van der Waals surface area contributed by atoms with E-state index in [1.807, 2.05) is 29.3 Å². The molecule has 1 aromatic carbocycles. The van der Waals surface area contributed by atoms with E-state index in [4.69, 9.17) is 14.2 Å². The second-order valence-corrected chi connectivity index (χ2v) is 8.20. The summed E-state index contributed by atoms with van der Waals surface area (Å²) in [6.07, 6.45) is 6.17. The monoisotopic (exact) mass is 391 g/mol. The average molecular weight is 391 g/mol. The molecule has 2 fully saturated rings. The third kappa shape index (κ3) is 3.37. The Bertz CT molecular complexity index is 1070. The van der Waals surface area contributed by atoms with Gasteiger partial charge in [-0.05, 0) is 61.8 Å². The molecular formula is C23H25N3O3. The number of methoxy groups -OCH3 is 1. The van der Waals surface area contributed by atoms with E-state index in [0.29, 0.717) is 18.2 Å². The molecule has 1 saturated carbocycles. The van der Waals surface area contributed by atoms with Crippen LogP contribution in [0.1, 0.15) is 65.0 Å². The highest BCUT2D eigenvalue weighted by Gasteiger charge is 2.31. The number of aromatic nitrogens is 2. The molecule has 6 nitrogen and oxygen atoms in total. The van der Waals surface area contributed by atoms with Crippen molar-refractivity contribution in [1.29, 1.82) is 0 Å². The van der Waals surface area contributed by atoms with Gasteiger partial charge < -0.3 is 14.2 Å². The first kappa shape index (κ1) is 18.2. The maximum atomic E-state index is 12.9. The molecule has 2 aromatic heterocycles. The second kappa shape index (κ2) is 7.17. The predicted octanol–water partition coefficient (Wildman–Crippen LogP) is 4.44. The molecule has 1 aliphatic carbocycles. The molecular weight excluding hydrogens is 366 g/mol. The molecule has 0 unspecified atom stereocenters. The lowest BCUT2D eigenvalue weighted by Gasteiger charge is -2.32. The third-order valence-corrected chi connectivity index (χ3v) is 6.22. The van der Waals surface area contributed by atoms with Crippen LogP contribution >= 0.6 is 0 Å². The maximum Gasteiger partial charge on any atom is 0.276 e. The van der Waals surface area contributed by atoms with Crippen LogP contribution in [-0.4, -0.2) is 41.1 Å². The van der Waals surface area contributed by atoms with Crippen LogP contribution in [0.15, 0.2) is 35.0 Å². The van der Waals surface area contributed by atoms with Crippen LogP contribution in [-0.2, 0) is 0 Å². The van der Waals surface area contributed by atoms with Crippen molar-refractivity contribution in [1.82, 2.24) is 15.0 Å². The zero-order valence-electron chi connectivity index (χ0n) is 16.9. The first-order valence-electron chi connectivity index (χ1n) is 10.3. The van der Waals surface area contributed by atoms with E-state index in [2.05, 4.69) is 18.1 Å². The number of pyridine rings is 1. The molecule has 0 spiro atoms. The minimum absolute atomic E-state index is 0.0380. The summed E-state index contributed by atoms with van der Waals surface area (Å²) >= 11 is 0. The van der Waals surface area contributed by atoms with Gasteiger partial charge in [-0.15, -0.1) is 0 Å². The number of nitrogens with zero attached hydrogens (tertiary/aromatic N) is 3. The number of amides is 1. The van der Waals surface area contributed by atoms with Gasteiger partial charge in [-0.2, -0.15) is 0 Å². The largest absolute Gasteiger partial charge is 0.496 e. The minimum atomic E-state index is -0.0380. The molecule has 1 aliphatic heterocycles. The summed E-state index contributed by atoms with van der Waals surface area (Å²) in [5, 5.41) is 6.28. The van der Waals surface area contributed by atoms with E-state index in [9.17, 15) is 4.79 Å². The van der Waals surface area contributed by atoms with Crippen LogP contribution < -0.4 is 4.74 Å². The van der Waals surface area contributed by atoms with Crippen molar-refractivity contribution in [2.45, 2.75) is 44.4 Å². The number of piperidine rings is 1. The Hall–Kier alpha value is -2.89. The van der Waals surface area contributed by atoms with Gasteiger partial charge in [-0.1, -0.05) is 5.16 Å². The molecule has 5 rings (SSSR count). The van der Waals surface area contributed by atoms with E-state index >= 15 is 0 Å². The Morgan fingerprint density at radius 2 is 2.07 bits per heavy atom. The van der Waals surface area contributed by atoms with Crippen molar-refractivity contribution in [3.8, 4) is 5.75 Å². The number of rotatable bonds is 4. The van der Waals surface area contributed by atoms with Gasteiger partial charge in [0.05, 0.1) is 7.11 Å². The van der Waals surface area contributed by atoms with Gasteiger partial charge in [0.25, 0.3) is 5.91 Å². The molecule has 6 heteroatoms. The lowest BCUT2D eigenvalue weighted by Crippen LogP contribution is -2.39. The summed E-state index contributed by atoms with van der Waals surface area (Å²) < 4.78 is 10.8. The normalized spacial score (nSPS) is 19.5. The smallest absolute Gasteiger partial charge is 0.276 e. The van der Waals surface area contributed by atoms with E-state index in [1.165, 1.54) is 0 Å². The van der Waals surface area contributed by atoms with Crippen molar-refractivity contribution in [3.05, 3.63) is 53.2 Å². The van der Waals surface area contributed by atoms with Crippen LogP contribution in [0.4, 0.5) is 0 Å². The molecule has 3 heterocycles. The maximum absolute atomic E-state index is 12.9. The summed E-state index contributed by atoms with van der Waals surface area (Å²) in [7, 11) is 1.69. The lowest BCUT2D eigenvalue weighted by molar-refractivity contribution is 0.0695. The minimum Gasteiger partial charge on any atom is -0.496 e. The van der Waals surface area contributed by atoms with Crippen molar-refractivity contribution >= 4 is 16.7 Å². The summed E-state index contributed by atoms with van der Waals surface area (Å²) in [6, 6.07) is 8.01. The Morgan fingerprint density at radius 3 is 2.86 bits per heavy atom. The third-order valence-electron chi connectivity index (χ3n) is 6.22. The number of carbonyl (C=O) groups excluding carboxylic acids is 1. The van der Waals surface area contributed by atoms with Gasteiger partial charge in [0.15, 0.2) is 5.69 Å². The first-order valence-corrected chi connectivity index (χ1v) is 10.3. The highest BCUT2D eigenvalue weighted by molar-refractivity contribution is 5.92. The number of hydrogen-bond acceptors (Lipinski definition) is 5. The molecule has 29 heavy (non-hydrogen) atoms. The Morgan fingerprint density at radius 1 is 1.21 bits per heavy atom. The van der Waals surface area contributed by atoms with Crippen molar-refractivity contribution in [2.75, 3.05) is 20.2 Å². The van der Waals surface area contributed by atoms with Gasteiger partial charge in [0, 0.05) is 48.3 Å². The summed E-state index contributed by atoms with van der Waals surface area (Å²) in [4.78, 5) is 19.6. The molecule has 1 saturated heterocycles. The van der Waals surface area contributed by atoms with E-state index in [0.717, 1.165) is 65.8 Å². The molecule has 150 valence electrons. The highest BCUT2D eigenvalue weighted by atomic mass is 16.5.